The Bertz CT molecular complexity index is 369. The second-order valence-corrected chi connectivity index (χ2v) is 6.34. The van der Waals surface area contributed by atoms with Crippen LogP contribution in [0.3, 0.4) is 0 Å². The summed E-state index contributed by atoms with van der Waals surface area (Å²) in [6.07, 6.45) is 6.06. The maximum Gasteiger partial charge on any atom is 0.236 e. The fourth-order valence-corrected chi connectivity index (χ4v) is 3.18. The van der Waals surface area contributed by atoms with Crippen LogP contribution in [0.2, 0.25) is 0 Å². The average molecular weight is 383 g/mol. The van der Waals surface area contributed by atoms with Gasteiger partial charge in [0.25, 0.3) is 0 Å². The van der Waals surface area contributed by atoms with Crippen LogP contribution in [0, 0.1) is 0 Å². The number of carbonyl (C=O) groups is 2. The number of nitrogens with two attached hydrogens (primary N) is 1. The van der Waals surface area contributed by atoms with Crippen molar-refractivity contribution in [1.29, 1.82) is 0 Å². The number of amides is 2. The predicted molar refractivity (Wildman–Crippen MR) is 101 cm³/mol. The van der Waals surface area contributed by atoms with Crippen molar-refractivity contribution in [3.05, 3.63) is 0 Å². The molecule has 0 unspecified atom stereocenters. The summed E-state index contributed by atoms with van der Waals surface area (Å²) in [6, 6.07) is 0. The Morgan fingerprint density at radius 1 is 0.750 bits per heavy atom. The number of rotatable bonds is 5. The van der Waals surface area contributed by atoms with Crippen LogP contribution in [0.15, 0.2) is 0 Å². The van der Waals surface area contributed by atoms with Gasteiger partial charge in [0.1, 0.15) is 0 Å². The number of hydrogen-bond acceptors (Lipinski definition) is 4. The lowest BCUT2D eigenvalue weighted by molar-refractivity contribution is -0.135. The lowest BCUT2D eigenvalue weighted by Gasteiger charge is -2.35. The zero-order valence-electron chi connectivity index (χ0n) is 14.5. The van der Waals surface area contributed by atoms with Gasteiger partial charge in [0.2, 0.25) is 11.8 Å². The van der Waals surface area contributed by atoms with Gasteiger partial charge in [-0.15, -0.1) is 24.8 Å². The van der Waals surface area contributed by atoms with Crippen LogP contribution < -0.4 is 5.73 Å². The van der Waals surface area contributed by atoms with Crippen LogP contribution in [-0.4, -0.2) is 78.9 Å². The van der Waals surface area contributed by atoms with Crippen molar-refractivity contribution in [2.24, 2.45) is 5.73 Å². The van der Waals surface area contributed by atoms with Gasteiger partial charge in [-0.05, 0) is 25.8 Å². The largest absolute Gasteiger partial charge is 0.342 e. The van der Waals surface area contributed by atoms with E-state index in [-0.39, 0.29) is 36.6 Å². The Kier molecular flexibility index (Phi) is 12.5. The van der Waals surface area contributed by atoms with Crippen molar-refractivity contribution in [2.45, 2.75) is 38.5 Å². The standard InChI is InChI=1S/C16H30N4O2.2ClH/c17-7-5-6-15(21)20-12-10-18(11-13-20)14-16(22)19-8-3-1-2-4-9-19;;/h1-14,17H2;2*1H. The van der Waals surface area contributed by atoms with Crippen molar-refractivity contribution in [3.63, 3.8) is 0 Å². The lowest BCUT2D eigenvalue weighted by atomic mass is 10.2. The van der Waals surface area contributed by atoms with E-state index >= 15 is 0 Å². The molecule has 2 amide bonds. The molecule has 0 saturated carbocycles. The zero-order valence-corrected chi connectivity index (χ0v) is 16.1. The highest BCUT2D eigenvalue weighted by Crippen LogP contribution is 2.11. The number of likely N-dealkylation sites (tertiary alicyclic amines) is 1. The van der Waals surface area contributed by atoms with E-state index in [0.29, 0.717) is 19.5 Å². The van der Waals surface area contributed by atoms with Gasteiger partial charge in [0.15, 0.2) is 0 Å². The van der Waals surface area contributed by atoms with Gasteiger partial charge in [-0.25, -0.2) is 0 Å². The summed E-state index contributed by atoms with van der Waals surface area (Å²) in [5, 5.41) is 0. The molecular weight excluding hydrogens is 351 g/mol. The molecule has 0 atom stereocenters. The second-order valence-electron chi connectivity index (χ2n) is 6.34. The molecule has 0 spiro atoms. The molecule has 2 N–H and O–H groups in total. The molecule has 2 aliphatic rings. The van der Waals surface area contributed by atoms with E-state index in [0.717, 1.165) is 58.5 Å². The lowest BCUT2D eigenvalue weighted by Crippen LogP contribution is -2.51. The average Bonchev–Trinajstić information content (AvgIpc) is 2.82. The van der Waals surface area contributed by atoms with E-state index in [1.54, 1.807) is 0 Å². The molecule has 0 aromatic rings. The second kappa shape index (κ2) is 12.8. The summed E-state index contributed by atoms with van der Waals surface area (Å²) in [5.41, 5.74) is 5.44. The fourth-order valence-electron chi connectivity index (χ4n) is 3.18. The molecule has 0 bridgehead atoms. The summed E-state index contributed by atoms with van der Waals surface area (Å²) in [4.78, 5) is 30.4. The Hall–Kier alpha value is -0.560. The summed E-state index contributed by atoms with van der Waals surface area (Å²) >= 11 is 0. The summed E-state index contributed by atoms with van der Waals surface area (Å²) in [7, 11) is 0. The molecule has 0 aliphatic carbocycles. The van der Waals surface area contributed by atoms with Crippen molar-refractivity contribution in [3.8, 4) is 0 Å². The number of halogens is 2. The molecule has 8 heteroatoms. The molecule has 2 heterocycles. The molecule has 0 radical (unpaired) electrons. The van der Waals surface area contributed by atoms with Gasteiger partial charge in [0.05, 0.1) is 6.54 Å². The van der Waals surface area contributed by atoms with E-state index in [4.69, 9.17) is 5.73 Å². The van der Waals surface area contributed by atoms with Crippen LogP contribution in [0.1, 0.15) is 38.5 Å². The highest BCUT2D eigenvalue weighted by Gasteiger charge is 2.24. The van der Waals surface area contributed by atoms with Crippen LogP contribution in [-0.2, 0) is 9.59 Å². The monoisotopic (exact) mass is 382 g/mol. The first-order chi connectivity index (χ1) is 10.7. The number of nitrogens with zero attached hydrogens (tertiary/aromatic N) is 3. The maximum atomic E-state index is 12.4. The van der Waals surface area contributed by atoms with E-state index in [1.165, 1.54) is 12.8 Å². The molecule has 2 fully saturated rings. The Balaban J connectivity index is 0.00000264. The first kappa shape index (κ1) is 23.4. The first-order valence-corrected chi connectivity index (χ1v) is 8.68. The highest BCUT2D eigenvalue weighted by molar-refractivity contribution is 5.85. The van der Waals surface area contributed by atoms with Gasteiger partial charge in [0, 0.05) is 45.7 Å². The zero-order chi connectivity index (χ0) is 15.8. The van der Waals surface area contributed by atoms with E-state index in [1.807, 2.05) is 9.80 Å². The third kappa shape index (κ3) is 7.55. The molecule has 0 aromatic carbocycles. The fraction of sp³-hybridized carbons (Fsp3) is 0.875. The van der Waals surface area contributed by atoms with Gasteiger partial charge < -0.3 is 15.5 Å². The summed E-state index contributed by atoms with van der Waals surface area (Å²) in [6.45, 7) is 5.96. The minimum Gasteiger partial charge on any atom is -0.342 e. The highest BCUT2D eigenvalue weighted by atomic mass is 35.5. The predicted octanol–water partition coefficient (Wildman–Crippen LogP) is 1.12. The van der Waals surface area contributed by atoms with Gasteiger partial charge in [-0.3, -0.25) is 14.5 Å². The topological polar surface area (TPSA) is 69.9 Å². The van der Waals surface area contributed by atoms with Gasteiger partial charge >= 0.3 is 0 Å². The molecule has 2 aliphatic heterocycles. The molecule has 2 saturated heterocycles. The van der Waals surface area contributed by atoms with Crippen molar-refractivity contribution < 1.29 is 9.59 Å². The van der Waals surface area contributed by atoms with E-state index in [9.17, 15) is 9.59 Å². The number of carbonyl (C=O) groups excluding carboxylic acids is 2. The summed E-state index contributed by atoms with van der Waals surface area (Å²) in [5.74, 6) is 0.453. The Labute approximate surface area is 157 Å². The molecule has 2 rings (SSSR count). The normalized spacial score (nSPS) is 19.0. The quantitative estimate of drug-likeness (QED) is 0.773. The number of hydrogen-bond donors (Lipinski definition) is 1. The van der Waals surface area contributed by atoms with Crippen molar-refractivity contribution in [1.82, 2.24) is 14.7 Å². The third-order valence-corrected chi connectivity index (χ3v) is 4.64. The van der Waals surface area contributed by atoms with Crippen LogP contribution in [0.25, 0.3) is 0 Å². The van der Waals surface area contributed by atoms with Crippen LogP contribution in [0.4, 0.5) is 0 Å². The minimum atomic E-state index is 0. The Morgan fingerprint density at radius 3 is 1.83 bits per heavy atom. The first-order valence-electron chi connectivity index (χ1n) is 8.68. The third-order valence-electron chi connectivity index (χ3n) is 4.64. The smallest absolute Gasteiger partial charge is 0.236 e. The molecule has 6 nitrogen and oxygen atoms in total. The van der Waals surface area contributed by atoms with Crippen LogP contribution in [0.5, 0.6) is 0 Å². The van der Waals surface area contributed by atoms with Gasteiger partial charge in [-0.2, -0.15) is 0 Å². The molecular formula is C16H32Cl2N4O2. The molecule has 142 valence electrons. The summed E-state index contributed by atoms with van der Waals surface area (Å²) < 4.78 is 0. The minimum absolute atomic E-state index is 0. The number of piperazine rings is 1. The SMILES string of the molecule is Cl.Cl.NCCCC(=O)N1CCN(CC(=O)N2CCCCCC2)CC1. The van der Waals surface area contributed by atoms with Crippen LogP contribution >= 0.6 is 24.8 Å². The van der Waals surface area contributed by atoms with Crippen molar-refractivity contribution >= 4 is 36.6 Å². The maximum absolute atomic E-state index is 12.4. The Morgan fingerprint density at radius 2 is 1.29 bits per heavy atom. The van der Waals surface area contributed by atoms with Gasteiger partial charge in [-0.1, -0.05) is 12.8 Å². The molecule has 0 aromatic heterocycles. The van der Waals surface area contributed by atoms with E-state index in [2.05, 4.69) is 4.90 Å². The molecule has 24 heavy (non-hydrogen) atoms. The van der Waals surface area contributed by atoms with E-state index < -0.39 is 0 Å². The van der Waals surface area contributed by atoms with Crippen molar-refractivity contribution in [2.75, 3.05) is 52.4 Å².